The van der Waals surface area contributed by atoms with Crippen molar-refractivity contribution < 1.29 is 4.79 Å². The maximum atomic E-state index is 11.7. The van der Waals surface area contributed by atoms with E-state index in [9.17, 15) is 4.79 Å². The molecule has 0 aromatic heterocycles. The highest BCUT2D eigenvalue weighted by Crippen LogP contribution is 2.14. The molecule has 3 heteroatoms. The fourth-order valence-corrected chi connectivity index (χ4v) is 2.32. The predicted octanol–water partition coefficient (Wildman–Crippen LogP) is 1.81. The minimum absolute atomic E-state index is 0.149. The van der Waals surface area contributed by atoms with Gasteiger partial charge in [-0.15, -0.1) is 0 Å². The van der Waals surface area contributed by atoms with E-state index in [-0.39, 0.29) is 5.78 Å². The summed E-state index contributed by atoms with van der Waals surface area (Å²) < 4.78 is 0. The molecule has 0 atom stereocenters. The van der Waals surface area contributed by atoms with E-state index >= 15 is 0 Å². The molecule has 17 heavy (non-hydrogen) atoms. The summed E-state index contributed by atoms with van der Waals surface area (Å²) in [6, 6.07) is 7.95. The lowest BCUT2D eigenvalue weighted by Gasteiger charge is -2.14. The number of hydrogen-bond acceptors (Lipinski definition) is 3. The molecule has 0 unspecified atom stereocenters. The number of carbonyl (C=O) groups excluding carboxylic acids is 1. The molecule has 0 saturated carbocycles. The van der Waals surface area contributed by atoms with Crippen molar-refractivity contribution in [3.63, 3.8) is 0 Å². The second kappa shape index (κ2) is 5.94. The summed E-state index contributed by atoms with van der Waals surface area (Å²) in [5, 5.41) is 0. The number of benzene rings is 1. The molecule has 0 bridgehead atoms. The first-order valence-corrected chi connectivity index (χ1v) is 6.34. The normalized spacial score (nSPS) is 16.3. The minimum Gasteiger partial charge on any atom is -0.330 e. The number of hydrogen-bond donors (Lipinski definition) is 1. The van der Waals surface area contributed by atoms with Gasteiger partial charge < -0.3 is 5.73 Å². The zero-order valence-corrected chi connectivity index (χ0v) is 10.2. The van der Waals surface area contributed by atoms with Crippen molar-refractivity contribution in [2.24, 2.45) is 5.73 Å². The molecule has 1 aromatic carbocycles. The second-order valence-corrected chi connectivity index (χ2v) is 4.65. The molecule has 1 fully saturated rings. The Labute approximate surface area is 103 Å². The molecule has 2 rings (SSSR count). The summed E-state index contributed by atoms with van der Waals surface area (Å²) in [5.41, 5.74) is 7.44. The Morgan fingerprint density at radius 1 is 1.29 bits per heavy atom. The fourth-order valence-electron chi connectivity index (χ4n) is 2.32. The SMILES string of the molecule is NCCC(=O)c1cccc(CN2CCCC2)c1. The van der Waals surface area contributed by atoms with E-state index in [1.54, 1.807) is 0 Å². The van der Waals surface area contributed by atoms with Crippen molar-refractivity contribution in [3.05, 3.63) is 35.4 Å². The molecule has 1 aliphatic heterocycles. The molecule has 92 valence electrons. The highest BCUT2D eigenvalue weighted by atomic mass is 16.1. The maximum Gasteiger partial charge on any atom is 0.164 e. The van der Waals surface area contributed by atoms with Crippen molar-refractivity contribution in [2.45, 2.75) is 25.8 Å². The standard InChI is InChI=1S/C14H20N2O/c15-7-6-14(17)13-5-3-4-12(10-13)11-16-8-1-2-9-16/h3-5,10H,1-2,6-9,11,15H2. The topological polar surface area (TPSA) is 46.3 Å². The van der Waals surface area contributed by atoms with Gasteiger partial charge in [0.2, 0.25) is 0 Å². The van der Waals surface area contributed by atoms with E-state index in [1.165, 1.54) is 31.5 Å². The Bertz CT molecular complexity index is 384. The number of rotatable bonds is 5. The maximum absolute atomic E-state index is 11.7. The number of ketones is 1. The molecule has 3 nitrogen and oxygen atoms in total. The zero-order valence-electron chi connectivity index (χ0n) is 10.2. The van der Waals surface area contributed by atoms with Gasteiger partial charge in [-0.25, -0.2) is 0 Å². The summed E-state index contributed by atoms with van der Waals surface area (Å²) in [7, 11) is 0. The Balaban J connectivity index is 2.02. The average Bonchev–Trinajstić information content (AvgIpc) is 2.82. The summed E-state index contributed by atoms with van der Waals surface area (Å²) in [4.78, 5) is 14.2. The fraction of sp³-hybridized carbons (Fsp3) is 0.500. The molecule has 0 radical (unpaired) electrons. The molecule has 0 amide bonds. The van der Waals surface area contributed by atoms with Gasteiger partial charge >= 0.3 is 0 Å². The minimum atomic E-state index is 0.149. The van der Waals surface area contributed by atoms with Crippen LogP contribution >= 0.6 is 0 Å². The number of carbonyl (C=O) groups is 1. The van der Waals surface area contributed by atoms with Crippen LogP contribution < -0.4 is 5.73 Å². The number of nitrogens with two attached hydrogens (primary N) is 1. The third kappa shape index (κ3) is 3.38. The molecule has 1 saturated heterocycles. The monoisotopic (exact) mass is 232 g/mol. The van der Waals surface area contributed by atoms with Gasteiger partial charge in [-0.05, 0) is 44.1 Å². The molecular weight excluding hydrogens is 212 g/mol. The summed E-state index contributed by atoms with van der Waals surface area (Å²) >= 11 is 0. The van der Waals surface area contributed by atoms with Crippen LogP contribution in [0.3, 0.4) is 0 Å². The highest BCUT2D eigenvalue weighted by Gasteiger charge is 2.12. The Morgan fingerprint density at radius 3 is 2.76 bits per heavy atom. The van der Waals surface area contributed by atoms with Crippen LogP contribution in [-0.4, -0.2) is 30.3 Å². The summed E-state index contributed by atoms with van der Waals surface area (Å²) in [6.07, 6.45) is 3.03. The third-order valence-corrected chi connectivity index (χ3v) is 3.23. The molecule has 0 spiro atoms. The first-order chi connectivity index (χ1) is 8.29. The molecule has 1 aliphatic rings. The molecule has 1 aromatic rings. The second-order valence-electron chi connectivity index (χ2n) is 4.65. The summed E-state index contributed by atoms with van der Waals surface area (Å²) in [5.74, 6) is 0.149. The first kappa shape index (κ1) is 12.3. The van der Waals surface area contributed by atoms with E-state index in [1.807, 2.05) is 18.2 Å². The zero-order chi connectivity index (χ0) is 12.1. The van der Waals surface area contributed by atoms with Crippen LogP contribution in [0.15, 0.2) is 24.3 Å². The smallest absolute Gasteiger partial charge is 0.164 e. The third-order valence-electron chi connectivity index (χ3n) is 3.23. The van der Waals surface area contributed by atoms with E-state index in [4.69, 9.17) is 5.73 Å². The van der Waals surface area contributed by atoms with Crippen molar-refractivity contribution in [1.82, 2.24) is 4.90 Å². The van der Waals surface area contributed by atoms with Crippen LogP contribution in [0.4, 0.5) is 0 Å². The van der Waals surface area contributed by atoms with Gasteiger partial charge in [0.05, 0.1) is 0 Å². The van der Waals surface area contributed by atoms with Crippen LogP contribution in [0, 0.1) is 0 Å². The van der Waals surface area contributed by atoms with Crippen molar-refractivity contribution >= 4 is 5.78 Å². The van der Waals surface area contributed by atoms with Crippen molar-refractivity contribution in [1.29, 1.82) is 0 Å². The van der Waals surface area contributed by atoms with Crippen LogP contribution in [0.2, 0.25) is 0 Å². The van der Waals surface area contributed by atoms with Gasteiger partial charge in [-0.1, -0.05) is 18.2 Å². The highest BCUT2D eigenvalue weighted by molar-refractivity contribution is 5.96. The Morgan fingerprint density at radius 2 is 2.06 bits per heavy atom. The van der Waals surface area contributed by atoms with E-state index < -0.39 is 0 Å². The van der Waals surface area contributed by atoms with Gasteiger partial charge in [0.25, 0.3) is 0 Å². The lowest BCUT2D eigenvalue weighted by Crippen LogP contribution is -2.18. The number of likely N-dealkylation sites (tertiary alicyclic amines) is 1. The van der Waals surface area contributed by atoms with Crippen molar-refractivity contribution in [3.8, 4) is 0 Å². The van der Waals surface area contributed by atoms with Crippen LogP contribution in [0.1, 0.15) is 35.2 Å². The van der Waals surface area contributed by atoms with Crippen molar-refractivity contribution in [2.75, 3.05) is 19.6 Å². The molecule has 2 N–H and O–H groups in total. The van der Waals surface area contributed by atoms with Crippen LogP contribution in [0.5, 0.6) is 0 Å². The Hall–Kier alpha value is -1.19. The van der Waals surface area contributed by atoms with Gasteiger partial charge in [-0.2, -0.15) is 0 Å². The predicted molar refractivity (Wildman–Crippen MR) is 69.0 cm³/mol. The van der Waals surface area contributed by atoms with Gasteiger partial charge in [0, 0.05) is 18.5 Å². The van der Waals surface area contributed by atoms with Gasteiger partial charge in [-0.3, -0.25) is 9.69 Å². The molecule has 1 heterocycles. The average molecular weight is 232 g/mol. The first-order valence-electron chi connectivity index (χ1n) is 6.34. The van der Waals surface area contributed by atoms with E-state index in [0.717, 1.165) is 12.1 Å². The largest absolute Gasteiger partial charge is 0.330 e. The van der Waals surface area contributed by atoms with Gasteiger partial charge in [0.15, 0.2) is 5.78 Å². The molecular formula is C14H20N2O. The van der Waals surface area contributed by atoms with E-state index in [2.05, 4.69) is 11.0 Å². The number of Topliss-reactive ketones (excluding diaryl/α,β-unsaturated/α-hetero) is 1. The lowest BCUT2D eigenvalue weighted by atomic mass is 10.0. The van der Waals surface area contributed by atoms with Crippen LogP contribution in [-0.2, 0) is 6.54 Å². The van der Waals surface area contributed by atoms with Crippen LogP contribution in [0.25, 0.3) is 0 Å². The Kier molecular flexibility index (Phi) is 4.29. The van der Waals surface area contributed by atoms with E-state index in [0.29, 0.717) is 13.0 Å². The number of nitrogens with zero attached hydrogens (tertiary/aromatic N) is 1. The lowest BCUT2D eigenvalue weighted by molar-refractivity contribution is 0.0985. The van der Waals surface area contributed by atoms with Gasteiger partial charge in [0.1, 0.15) is 0 Å². The quantitative estimate of drug-likeness (QED) is 0.788. The molecule has 0 aliphatic carbocycles. The summed E-state index contributed by atoms with van der Waals surface area (Å²) in [6.45, 7) is 3.75.